The van der Waals surface area contributed by atoms with Gasteiger partial charge < -0.3 is 14.8 Å². The molecule has 0 bridgehead atoms. The number of pyridine rings is 1. The third-order valence-corrected chi connectivity index (χ3v) is 5.26. The Kier molecular flexibility index (Phi) is 7.84. The third kappa shape index (κ3) is 5.86. The van der Waals surface area contributed by atoms with Gasteiger partial charge in [0.15, 0.2) is 5.75 Å². The van der Waals surface area contributed by atoms with Crippen LogP contribution in [0, 0.1) is 18.3 Å². The lowest BCUT2D eigenvalue weighted by Crippen LogP contribution is -2.15. The van der Waals surface area contributed by atoms with Crippen molar-refractivity contribution in [1.29, 1.82) is 5.26 Å². The van der Waals surface area contributed by atoms with Gasteiger partial charge in [0.25, 0.3) is 0 Å². The summed E-state index contributed by atoms with van der Waals surface area (Å²) in [5.74, 6) is 0.390. The average molecular weight is 448 g/mol. The lowest BCUT2D eigenvalue weighted by molar-refractivity contribution is -0.113. The van der Waals surface area contributed by atoms with Gasteiger partial charge in [-0.15, -0.1) is 0 Å². The van der Waals surface area contributed by atoms with E-state index >= 15 is 0 Å². The lowest BCUT2D eigenvalue weighted by atomic mass is 10.1. The van der Waals surface area contributed by atoms with Gasteiger partial charge in [-0.05, 0) is 44.2 Å². The van der Waals surface area contributed by atoms with Gasteiger partial charge in [0.2, 0.25) is 5.91 Å². The number of para-hydroxylation sites is 3. The number of aryl methyl sites for hydroxylation is 1. The second-order valence-corrected chi connectivity index (χ2v) is 7.52. The summed E-state index contributed by atoms with van der Waals surface area (Å²) in [4.78, 5) is 28.9. The number of ether oxygens (including phenoxy) is 2. The topological polar surface area (TPSA) is 101 Å². The Balaban J connectivity index is 1.69. The zero-order valence-corrected chi connectivity index (χ0v) is 18.4. The molecule has 0 aliphatic heterocycles. The van der Waals surface area contributed by atoms with E-state index in [0.29, 0.717) is 27.9 Å². The molecule has 3 aromatic rings. The van der Waals surface area contributed by atoms with Gasteiger partial charge in [0, 0.05) is 0 Å². The van der Waals surface area contributed by atoms with E-state index in [9.17, 15) is 14.9 Å². The molecule has 0 aliphatic carbocycles. The minimum Gasteiger partial charge on any atom is -0.462 e. The van der Waals surface area contributed by atoms with Crippen molar-refractivity contribution in [2.24, 2.45) is 0 Å². The summed E-state index contributed by atoms with van der Waals surface area (Å²) in [6, 6.07) is 19.9. The van der Waals surface area contributed by atoms with Gasteiger partial charge in [0.1, 0.15) is 16.8 Å². The summed E-state index contributed by atoms with van der Waals surface area (Å²) in [5.41, 5.74) is 1.42. The van der Waals surface area contributed by atoms with Crippen LogP contribution in [0.25, 0.3) is 0 Å². The largest absolute Gasteiger partial charge is 0.462 e. The molecule has 1 N–H and O–H groups in total. The molecule has 7 nitrogen and oxygen atoms in total. The zero-order chi connectivity index (χ0) is 22.9. The van der Waals surface area contributed by atoms with Gasteiger partial charge >= 0.3 is 5.97 Å². The first-order valence-corrected chi connectivity index (χ1v) is 10.8. The predicted octanol–water partition coefficient (Wildman–Crippen LogP) is 4.96. The minimum atomic E-state index is -0.529. The summed E-state index contributed by atoms with van der Waals surface area (Å²) in [5, 5.41) is 12.7. The maximum Gasteiger partial charge on any atom is 0.340 e. The van der Waals surface area contributed by atoms with Gasteiger partial charge in [-0.25, -0.2) is 9.78 Å². The molecule has 0 saturated carbocycles. The van der Waals surface area contributed by atoms with Crippen molar-refractivity contribution in [2.75, 3.05) is 17.7 Å². The molecule has 32 heavy (non-hydrogen) atoms. The maximum atomic E-state index is 12.6. The highest BCUT2D eigenvalue weighted by Gasteiger charge is 2.17. The van der Waals surface area contributed by atoms with Crippen molar-refractivity contribution in [3.05, 3.63) is 77.5 Å². The number of thioether (sulfide) groups is 1. The molecule has 0 unspecified atom stereocenters. The molecule has 2 aromatic carbocycles. The van der Waals surface area contributed by atoms with Gasteiger partial charge in [0.05, 0.1) is 34.9 Å². The molecule has 0 fully saturated rings. The summed E-state index contributed by atoms with van der Waals surface area (Å²) in [6.45, 7) is 3.60. The number of benzene rings is 2. The maximum absolute atomic E-state index is 12.6. The molecule has 162 valence electrons. The normalized spacial score (nSPS) is 10.2. The van der Waals surface area contributed by atoms with Crippen molar-refractivity contribution in [1.82, 2.24) is 4.98 Å². The Morgan fingerprint density at radius 2 is 1.84 bits per heavy atom. The van der Waals surface area contributed by atoms with Crippen molar-refractivity contribution >= 4 is 29.3 Å². The minimum absolute atomic E-state index is 0.0273. The summed E-state index contributed by atoms with van der Waals surface area (Å²) in [7, 11) is 0. The van der Waals surface area contributed by atoms with E-state index in [2.05, 4.69) is 10.3 Å². The van der Waals surface area contributed by atoms with Crippen molar-refractivity contribution in [3.8, 4) is 17.6 Å². The van der Waals surface area contributed by atoms with Crippen LogP contribution in [-0.2, 0) is 9.53 Å². The quantitative estimate of drug-likeness (QED) is 0.385. The fraction of sp³-hybridized carbons (Fsp3) is 0.167. The number of hydrogen-bond acceptors (Lipinski definition) is 7. The summed E-state index contributed by atoms with van der Waals surface area (Å²) in [6.07, 6.45) is 0. The monoisotopic (exact) mass is 447 g/mol. The Bertz CT molecular complexity index is 1160. The van der Waals surface area contributed by atoms with Crippen LogP contribution < -0.4 is 10.1 Å². The van der Waals surface area contributed by atoms with Gasteiger partial charge in [-0.1, -0.05) is 42.1 Å². The van der Waals surface area contributed by atoms with Crippen molar-refractivity contribution < 1.29 is 19.1 Å². The molecule has 0 atom stereocenters. The third-order valence-electron chi connectivity index (χ3n) is 4.27. The van der Waals surface area contributed by atoms with Crippen LogP contribution in [0.3, 0.4) is 0 Å². The van der Waals surface area contributed by atoms with E-state index in [1.807, 2.05) is 42.5 Å². The van der Waals surface area contributed by atoms with E-state index in [-0.39, 0.29) is 29.4 Å². The molecule has 1 aromatic heterocycles. The highest BCUT2D eigenvalue weighted by atomic mass is 32.2. The summed E-state index contributed by atoms with van der Waals surface area (Å²) >= 11 is 1.12. The van der Waals surface area contributed by atoms with Crippen LogP contribution in [0.1, 0.15) is 28.5 Å². The molecule has 0 saturated heterocycles. The van der Waals surface area contributed by atoms with E-state index in [1.165, 1.54) is 6.07 Å². The second-order valence-electron chi connectivity index (χ2n) is 6.55. The number of aromatic nitrogens is 1. The average Bonchev–Trinajstić information content (AvgIpc) is 2.80. The van der Waals surface area contributed by atoms with Crippen LogP contribution >= 0.6 is 11.8 Å². The highest BCUT2D eigenvalue weighted by molar-refractivity contribution is 8.00. The number of hydrogen-bond donors (Lipinski definition) is 1. The lowest BCUT2D eigenvalue weighted by Gasteiger charge is -2.12. The van der Waals surface area contributed by atoms with Crippen LogP contribution in [0.5, 0.6) is 11.5 Å². The first kappa shape index (κ1) is 22.8. The fourth-order valence-electron chi connectivity index (χ4n) is 2.78. The number of carbonyl (C=O) groups excluding carboxylic acids is 2. The van der Waals surface area contributed by atoms with E-state index in [1.54, 1.807) is 32.0 Å². The molecule has 0 radical (unpaired) electrons. The molecule has 8 heteroatoms. The number of rotatable bonds is 8. The molecule has 0 spiro atoms. The number of carbonyl (C=O) groups is 2. The Hall–Kier alpha value is -3.83. The molecule has 1 amide bonds. The zero-order valence-electron chi connectivity index (χ0n) is 17.6. The predicted molar refractivity (Wildman–Crippen MR) is 122 cm³/mol. The first-order valence-electron chi connectivity index (χ1n) is 9.85. The van der Waals surface area contributed by atoms with Gasteiger partial charge in [-0.2, -0.15) is 5.26 Å². The van der Waals surface area contributed by atoms with E-state index < -0.39 is 5.97 Å². The molecule has 0 aliphatic rings. The number of nitriles is 1. The molecule has 3 rings (SSSR count). The smallest absolute Gasteiger partial charge is 0.340 e. The number of nitrogens with one attached hydrogen (secondary N) is 1. The van der Waals surface area contributed by atoms with E-state index in [4.69, 9.17) is 9.47 Å². The number of esters is 1. The van der Waals surface area contributed by atoms with Gasteiger partial charge in [-0.3, -0.25) is 4.79 Å². The number of nitrogens with zero attached hydrogens (tertiary/aromatic N) is 2. The standard InChI is InChI=1S/C24H21N3O4S/c1-3-30-24(29)19-13-17(14-25)23(26-16(19)2)32-15-22(28)27-20-11-7-8-12-21(20)31-18-9-5-4-6-10-18/h4-13H,3,15H2,1-2H3,(H,27,28). The van der Waals surface area contributed by atoms with Crippen molar-refractivity contribution in [3.63, 3.8) is 0 Å². The van der Waals surface area contributed by atoms with Crippen LogP contribution in [-0.4, -0.2) is 29.2 Å². The van der Waals surface area contributed by atoms with Crippen LogP contribution in [0.4, 0.5) is 5.69 Å². The summed E-state index contributed by atoms with van der Waals surface area (Å²) < 4.78 is 10.9. The van der Waals surface area contributed by atoms with Crippen molar-refractivity contribution in [2.45, 2.75) is 18.9 Å². The van der Waals surface area contributed by atoms with Crippen LogP contribution in [0.2, 0.25) is 0 Å². The second kappa shape index (κ2) is 11.0. The Morgan fingerprint density at radius 3 is 2.56 bits per heavy atom. The highest BCUT2D eigenvalue weighted by Crippen LogP contribution is 2.30. The fourth-order valence-corrected chi connectivity index (χ4v) is 3.59. The Labute approximate surface area is 190 Å². The SMILES string of the molecule is CCOC(=O)c1cc(C#N)c(SCC(=O)Nc2ccccc2Oc2ccccc2)nc1C. The van der Waals surface area contributed by atoms with E-state index in [0.717, 1.165) is 11.8 Å². The van der Waals surface area contributed by atoms with Crippen LogP contribution in [0.15, 0.2) is 65.7 Å². The molecular formula is C24H21N3O4S. The number of amides is 1. The first-order chi connectivity index (χ1) is 15.5. The number of anilines is 1. The molecule has 1 heterocycles. The Morgan fingerprint density at radius 1 is 1.12 bits per heavy atom. The molecular weight excluding hydrogens is 426 g/mol.